The highest BCUT2D eigenvalue weighted by molar-refractivity contribution is 9.10. The fraction of sp³-hybridized carbons (Fsp3) is 0.333. The molecule has 2 saturated carbocycles. The Morgan fingerprint density at radius 3 is 2.77 bits per heavy atom. The van der Waals surface area contributed by atoms with Crippen molar-refractivity contribution in [1.82, 2.24) is 19.9 Å². The Hall–Kier alpha value is -2.94. The first-order valence-electron chi connectivity index (χ1n) is 9.78. The zero-order chi connectivity index (χ0) is 20.9. The van der Waals surface area contributed by atoms with Crippen LogP contribution in [0.1, 0.15) is 46.4 Å². The van der Waals surface area contributed by atoms with Gasteiger partial charge in [-0.2, -0.15) is 5.10 Å². The van der Waals surface area contributed by atoms with Crippen molar-refractivity contribution in [1.29, 1.82) is 0 Å². The van der Waals surface area contributed by atoms with Crippen molar-refractivity contribution in [3.05, 3.63) is 58.5 Å². The lowest BCUT2D eigenvalue weighted by Gasteiger charge is -2.57. The third-order valence-corrected chi connectivity index (χ3v) is 6.52. The Kier molecular flexibility index (Phi) is 4.50. The molecule has 3 N–H and O–H groups in total. The number of primary amides is 1. The zero-order valence-corrected chi connectivity index (χ0v) is 17.6. The van der Waals surface area contributed by atoms with E-state index in [0.717, 1.165) is 35.7 Å². The molecule has 154 valence electrons. The first-order chi connectivity index (χ1) is 14.4. The molecular weight excluding hydrogens is 450 g/mol. The summed E-state index contributed by atoms with van der Waals surface area (Å²) in [5.41, 5.74) is 7.24. The average molecular weight is 470 g/mol. The second-order valence-corrected chi connectivity index (χ2v) is 9.10. The summed E-state index contributed by atoms with van der Waals surface area (Å²) in [5, 5.41) is 7.37. The maximum Gasteiger partial charge on any atom is 0.255 e. The maximum atomic E-state index is 12.7. The first-order valence-corrected chi connectivity index (χ1v) is 10.6. The third-order valence-electron chi connectivity index (χ3n) is 6.05. The largest absolute Gasteiger partial charge is 0.474 e. The Labute approximate surface area is 180 Å². The van der Waals surface area contributed by atoms with Crippen LogP contribution in [0.2, 0.25) is 0 Å². The molecule has 0 atom stereocenters. The molecular formula is C21H20BrN5O3. The van der Waals surface area contributed by atoms with E-state index in [1.165, 1.54) is 0 Å². The second kappa shape index (κ2) is 7.09. The smallest absolute Gasteiger partial charge is 0.255 e. The van der Waals surface area contributed by atoms with Crippen molar-refractivity contribution in [2.24, 2.45) is 11.1 Å². The number of pyridine rings is 2. The minimum Gasteiger partial charge on any atom is -0.474 e. The molecule has 8 nitrogen and oxygen atoms in total. The maximum absolute atomic E-state index is 12.7. The minimum atomic E-state index is -0.543. The van der Waals surface area contributed by atoms with Gasteiger partial charge in [-0.15, -0.1) is 0 Å². The predicted octanol–water partition coefficient (Wildman–Crippen LogP) is 2.71. The van der Waals surface area contributed by atoms with Crippen LogP contribution in [0.5, 0.6) is 5.88 Å². The molecule has 0 aliphatic heterocycles. The van der Waals surface area contributed by atoms with Crippen LogP contribution >= 0.6 is 15.9 Å². The number of carbonyl (C=O) groups excluding carboxylic acids is 2. The Balaban J connectivity index is 1.15. The van der Waals surface area contributed by atoms with Crippen LogP contribution in [-0.4, -0.2) is 38.6 Å². The molecule has 0 radical (unpaired) electrons. The van der Waals surface area contributed by atoms with Crippen molar-refractivity contribution in [3.63, 3.8) is 0 Å². The third kappa shape index (κ3) is 3.32. The first kappa shape index (κ1) is 19.0. The molecule has 3 aromatic rings. The van der Waals surface area contributed by atoms with Crippen LogP contribution in [0.4, 0.5) is 0 Å². The number of carbonyl (C=O) groups is 2. The van der Waals surface area contributed by atoms with Gasteiger partial charge in [0.15, 0.2) is 0 Å². The molecule has 2 amide bonds. The zero-order valence-electron chi connectivity index (χ0n) is 16.0. The Morgan fingerprint density at radius 1 is 1.20 bits per heavy atom. The van der Waals surface area contributed by atoms with E-state index >= 15 is 0 Å². The lowest BCUT2D eigenvalue weighted by molar-refractivity contribution is -0.0848. The van der Waals surface area contributed by atoms with E-state index in [4.69, 9.17) is 10.5 Å². The topological polar surface area (TPSA) is 112 Å². The van der Waals surface area contributed by atoms with Crippen molar-refractivity contribution in [3.8, 4) is 5.88 Å². The molecule has 0 bridgehead atoms. The normalized spacial score (nSPS) is 24.8. The van der Waals surface area contributed by atoms with Gasteiger partial charge in [0, 0.05) is 22.9 Å². The number of hydrogen-bond acceptors (Lipinski definition) is 5. The summed E-state index contributed by atoms with van der Waals surface area (Å²) < 4.78 is 8.48. The van der Waals surface area contributed by atoms with Crippen LogP contribution in [-0.2, 0) is 0 Å². The molecule has 3 aromatic heterocycles. The fourth-order valence-electron chi connectivity index (χ4n) is 4.64. The summed E-state index contributed by atoms with van der Waals surface area (Å²) in [5.74, 6) is -0.341. The number of nitrogens with zero attached hydrogens (tertiary/aromatic N) is 3. The molecule has 3 heterocycles. The number of aromatic nitrogens is 3. The number of hydrogen-bond donors (Lipinski definition) is 2. The summed E-state index contributed by atoms with van der Waals surface area (Å²) in [6.07, 6.45) is 8.66. The lowest BCUT2D eigenvalue weighted by atomic mass is 9.53. The van der Waals surface area contributed by atoms with Crippen LogP contribution in [0, 0.1) is 5.41 Å². The van der Waals surface area contributed by atoms with E-state index in [9.17, 15) is 9.59 Å². The minimum absolute atomic E-state index is 0.0210. The van der Waals surface area contributed by atoms with E-state index in [1.807, 2.05) is 18.3 Å². The summed E-state index contributed by atoms with van der Waals surface area (Å²) in [4.78, 5) is 28.3. The SMILES string of the molecule is NC(=O)c1cccnc1OC1CC2(CC(NC(=O)c3cnn4cc(Br)ccc34)C2)C1. The van der Waals surface area contributed by atoms with Crippen molar-refractivity contribution >= 4 is 33.3 Å². The molecule has 5 rings (SSSR count). The highest BCUT2D eigenvalue weighted by Crippen LogP contribution is 2.56. The van der Waals surface area contributed by atoms with E-state index in [1.54, 1.807) is 29.0 Å². The van der Waals surface area contributed by atoms with Gasteiger partial charge in [0.05, 0.1) is 17.3 Å². The van der Waals surface area contributed by atoms with Gasteiger partial charge < -0.3 is 15.8 Å². The second-order valence-electron chi connectivity index (χ2n) is 8.18. The van der Waals surface area contributed by atoms with Gasteiger partial charge >= 0.3 is 0 Å². The summed E-state index contributed by atoms with van der Waals surface area (Å²) >= 11 is 3.40. The summed E-state index contributed by atoms with van der Waals surface area (Å²) in [6.45, 7) is 0. The average Bonchev–Trinajstić information content (AvgIpc) is 3.07. The number of halogens is 1. The highest BCUT2D eigenvalue weighted by Gasteiger charge is 2.54. The Bertz CT molecular complexity index is 1150. The fourth-order valence-corrected chi connectivity index (χ4v) is 4.96. The van der Waals surface area contributed by atoms with Gasteiger partial charge in [-0.1, -0.05) is 0 Å². The molecule has 30 heavy (non-hydrogen) atoms. The van der Waals surface area contributed by atoms with Gasteiger partial charge in [-0.3, -0.25) is 9.59 Å². The number of fused-ring (bicyclic) bond motifs is 1. The van der Waals surface area contributed by atoms with Crippen molar-refractivity contribution in [2.45, 2.75) is 37.8 Å². The number of ether oxygens (including phenoxy) is 1. The molecule has 9 heteroatoms. The quantitative estimate of drug-likeness (QED) is 0.596. The van der Waals surface area contributed by atoms with Crippen LogP contribution in [0.3, 0.4) is 0 Å². The number of nitrogens with one attached hydrogen (secondary N) is 1. The van der Waals surface area contributed by atoms with E-state index in [0.29, 0.717) is 17.0 Å². The predicted molar refractivity (Wildman–Crippen MR) is 112 cm³/mol. The van der Waals surface area contributed by atoms with Crippen molar-refractivity contribution < 1.29 is 14.3 Å². The van der Waals surface area contributed by atoms with Crippen molar-refractivity contribution in [2.75, 3.05) is 0 Å². The van der Waals surface area contributed by atoms with Crippen LogP contribution < -0.4 is 15.8 Å². The molecule has 0 unspecified atom stereocenters. The van der Waals surface area contributed by atoms with Crippen LogP contribution in [0.15, 0.2) is 47.3 Å². The van der Waals surface area contributed by atoms with Gasteiger partial charge in [-0.25, -0.2) is 9.50 Å². The number of amides is 2. The molecule has 2 aliphatic carbocycles. The van der Waals surface area contributed by atoms with Crippen LogP contribution in [0.25, 0.3) is 5.52 Å². The number of nitrogens with two attached hydrogens (primary N) is 1. The summed E-state index contributed by atoms with van der Waals surface area (Å²) in [6, 6.07) is 7.20. The highest BCUT2D eigenvalue weighted by atomic mass is 79.9. The van der Waals surface area contributed by atoms with E-state index < -0.39 is 5.91 Å². The number of rotatable bonds is 5. The van der Waals surface area contributed by atoms with Gasteiger partial charge in [0.25, 0.3) is 11.8 Å². The van der Waals surface area contributed by atoms with E-state index in [2.05, 4.69) is 31.3 Å². The standard InChI is InChI=1S/C21H20BrN5O3/c22-12-3-4-17-16(10-25-27(17)11-12)19(29)26-13-6-21(7-13)8-14(9-21)30-20-15(18(23)28)2-1-5-24-20/h1-5,10-11,13-14H,6-9H2,(H2,23,28)(H,26,29). The molecule has 2 aliphatic rings. The molecule has 0 saturated heterocycles. The van der Waals surface area contributed by atoms with E-state index in [-0.39, 0.29) is 23.5 Å². The Morgan fingerprint density at radius 2 is 2.00 bits per heavy atom. The summed E-state index contributed by atoms with van der Waals surface area (Å²) in [7, 11) is 0. The van der Waals surface area contributed by atoms with Gasteiger partial charge in [-0.05, 0) is 71.3 Å². The molecule has 0 aromatic carbocycles. The molecule has 1 spiro atoms. The monoisotopic (exact) mass is 469 g/mol. The van der Waals surface area contributed by atoms with Gasteiger partial charge in [0.2, 0.25) is 5.88 Å². The van der Waals surface area contributed by atoms with Gasteiger partial charge in [0.1, 0.15) is 11.7 Å². The lowest BCUT2D eigenvalue weighted by Crippen LogP contribution is -2.58. The molecule has 2 fully saturated rings.